The van der Waals surface area contributed by atoms with Crippen LogP contribution < -0.4 is 0 Å². The largest absolute Gasteiger partial charge is 0.279 e. The smallest absolute Gasteiger partial charge is 0.0677 e. The molecule has 0 aromatic carbocycles. The predicted octanol–water partition coefficient (Wildman–Crippen LogP) is 1.93. The fraction of sp³-hybridized carbons (Fsp3) is 0.833. The second-order valence-corrected chi connectivity index (χ2v) is 3.13. The van der Waals surface area contributed by atoms with E-state index in [1.54, 1.807) is 0 Å². The summed E-state index contributed by atoms with van der Waals surface area (Å²) in [5, 5.41) is 1.33. The Morgan fingerprint density at radius 2 is 2.62 bits per heavy atom. The van der Waals surface area contributed by atoms with Crippen LogP contribution in [-0.2, 0) is 0 Å². The molecule has 0 fully saturated rings. The SMILES string of the molecule is CCC1=N[C@H](C)CS1. The molecular formula is C6H11NS. The lowest BCUT2D eigenvalue weighted by molar-refractivity contribution is 0.862. The van der Waals surface area contributed by atoms with Crippen LogP contribution in [0.25, 0.3) is 0 Å². The maximum atomic E-state index is 4.39. The molecule has 0 radical (unpaired) electrons. The van der Waals surface area contributed by atoms with Gasteiger partial charge in [0.1, 0.15) is 0 Å². The number of thioether (sulfide) groups is 1. The molecule has 0 saturated carbocycles. The van der Waals surface area contributed by atoms with Gasteiger partial charge in [-0.15, -0.1) is 11.8 Å². The van der Waals surface area contributed by atoms with E-state index in [-0.39, 0.29) is 0 Å². The highest BCUT2D eigenvalue weighted by Gasteiger charge is 2.10. The molecule has 0 aromatic rings. The van der Waals surface area contributed by atoms with Gasteiger partial charge in [-0.1, -0.05) is 6.92 Å². The minimum atomic E-state index is 0.579. The molecule has 8 heavy (non-hydrogen) atoms. The lowest BCUT2D eigenvalue weighted by atomic mass is 10.4. The molecule has 1 heterocycles. The summed E-state index contributed by atoms with van der Waals surface area (Å²) >= 11 is 1.90. The van der Waals surface area contributed by atoms with Gasteiger partial charge in [-0.25, -0.2) is 0 Å². The zero-order valence-corrected chi connectivity index (χ0v) is 6.16. The molecular weight excluding hydrogens is 118 g/mol. The average Bonchev–Trinajstić information content (AvgIpc) is 2.14. The first-order valence-electron chi connectivity index (χ1n) is 3.02. The third-order valence-corrected chi connectivity index (χ3v) is 2.53. The Hall–Kier alpha value is 0.0200. The Morgan fingerprint density at radius 3 is 2.88 bits per heavy atom. The Labute approximate surface area is 54.6 Å². The average molecular weight is 129 g/mol. The normalized spacial score (nSPS) is 28.2. The highest BCUT2D eigenvalue weighted by Crippen LogP contribution is 2.18. The molecule has 1 nitrogen and oxygen atoms in total. The highest BCUT2D eigenvalue weighted by atomic mass is 32.2. The van der Waals surface area contributed by atoms with Crippen LogP contribution >= 0.6 is 11.8 Å². The van der Waals surface area contributed by atoms with E-state index >= 15 is 0 Å². The molecule has 0 saturated heterocycles. The monoisotopic (exact) mass is 129 g/mol. The van der Waals surface area contributed by atoms with E-state index in [0.717, 1.165) is 6.42 Å². The fourth-order valence-corrected chi connectivity index (χ4v) is 1.70. The summed E-state index contributed by atoms with van der Waals surface area (Å²) in [5.41, 5.74) is 0. The van der Waals surface area contributed by atoms with Gasteiger partial charge in [-0.05, 0) is 13.3 Å². The number of aliphatic imine (C=N–C) groups is 1. The summed E-state index contributed by atoms with van der Waals surface area (Å²) in [6.45, 7) is 4.32. The topological polar surface area (TPSA) is 12.4 Å². The molecule has 2 heteroatoms. The minimum absolute atomic E-state index is 0.579. The highest BCUT2D eigenvalue weighted by molar-refractivity contribution is 8.14. The van der Waals surface area contributed by atoms with E-state index in [2.05, 4.69) is 18.8 Å². The summed E-state index contributed by atoms with van der Waals surface area (Å²) in [5.74, 6) is 1.20. The third kappa shape index (κ3) is 1.25. The number of hydrogen-bond donors (Lipinski definition) is 0. The van der Waals surface area contributed by atoms with Gasteiger partial charge >= 0.3 is 0 Å². The molecule has 1 atom stereocenters. The lowest BCUT2D eigenvalue weighted by Crippen LogP contribution is -1.92. The molecule has 1 rings (SSSR count). The Morgan fingerprint density at radius 1 is 1.88 bits per heavy atom. The fourth-order valence-electron chi connectivity index (χ4n) is 0.730. The van der Waals surface area contributed by atoms with Crippen molar-refractivity contribution in [3.8, 4) is 0 Å². The van der Waals surface area contributed by atoms with Crippen molar-refractivity contribution in [2.75, 3.05) is 5.75 Å². The van der Waals surface area contributed by atoms with Crippen molar-refractivity contribution < 1.29 is 0 Å². The molecule has 0 amide bonds. The predicted molar refractivity (Wildman–Crippen MR) is 39.6 cm³/mol. The summed E-state index contributed by atoms with van der Waals surface area (Å²) in [6.07, 6.45) is 1.12. The van der Waals surface area contributed by atoms with Crippen molar-refractivity contribution in [2.45, 2.75) is 26.3 Å². The second kappa shape index (κ2) is 2.53. The summed E-state index contributed by atoms with van der Waals surface area (Å²) in [6, 6.07) is 0.579. The summed E-state index contributed by atoms with van der Waals surface area (Å²) in [7, 11) is 0. The van der Waals surface area contributed by atoms with Crippen molar-refractivity contribution >= 4 is 16.8 Å². The third-order valence-electron chi connectivity index (χ3n) is 1.16. The van der Waals surface area contributed by atoms with Gasteiger partial charge in [0.15, 0.2) is 0 Å². The molecule has 0 unspecified atom stereocenters. The molecule has 0 bridgehead atoms. The van der Waals surface area contributed by atoms with E-state index < -0.39 is 0 Å². The summed E-state index contributed by atoms with van der Waals surface area (Å²) < 4.78 is 0. The van der Waals surface area contributed by atoms with Gasteiger partial charge in [0.2, 0.25) is 0 Å². The standard InChI is InChI=1S/C6H11NS/c1-3-6-7-5(2)4-8-6/h5H,3-4H2,1-2H3/t5-/m1/s1. The van der Waals surface area contributed by atoms with Crippen LogP contribution in [0.15, 0.2) is 4.99 Å². The Kier molecular flexibility index (Phi) is 1.95. The molecule has 0 spiro atoms. The van der Waals surface area contributed by atoms with E-state index in [0.29, 0.717) is 6.04 Å². The molecule has 0 aromatic heterocycles. The molecule has 0 N–H and O–H groups in total. The van der Waals surface area contributed by atoms with E-state index in [9.17, 15) is 0 Å². The van der Waals surface area contributed by atoms with Crippen LogP contribution in [0.1, 0.15) is 20.3 Å². The first-order valence-corrected chi connectivity index (χ1v) is 4.01. The molecule has 1 aliphatic rings. The molecule has 1 aliphatic heterocycles. The van der Waals surface area contributed by atoms with Crippen molar-refractivity contribution in [2.24, 2.45) is 4.99 Å². The van der Waals surface area contributed by atoms with E-state index in [4.69, 9.17) is 0 Å². The lowest BCUT2D eigenvalue weighted by Gasteiger charge is -1.87. The number of rotatable bonds is 1. The Bertz CT molecular complexity index is 109. The van der Waals surface area contributed by atoms with Crippen LogP contribution in [0.4, 0.5) is 0 Å². The van der Waals surface area contributed by atoms with Crippen LogP contribution in [0.3, 0.4) is 0 Å². The van der Waals surface area contributed by atoms with Gasteiger partial charge in [-0.3, -0.25) is 4.99 Å². The van der Waals surface area contributed by atoms with Crippen LogP contribution in [0.2, 0.25) is 0 Å². The number of nitrogens with zero attached hydrogens (tertiary/aromatic N) is 1. The van der Waals surface area contributed by atoms with Crippen LogP contribution in [0, 0.1) is 0 Å². The first kappa shape index (κ1) is 6.14. The van der Waals surface area contributed by atoms with Crippen molar-refractivity contribution in [3.05, 3.63) is 0 Å². The van der Waals surface area contributed by atoms with E-state index in [1.165, 1.54) is 10.8 Å². The minimum Gasteiger partial charge on any atom is -0.279 e. The first-order chi connectivity index (χ1) is 3.83. The maximum absolute atomic E-state index is 4.39. The maximum Gasteiger partial charge on any atom is 0.0677 e. The van der Waals surface area contributed by atoms with Gasteiger partial charge < -0.3 is 0 Å². The zero-order chi connectivity index (χ0) is 5.98. The van der Waals surface area contributed by atoms with Gasteiger partial charge in [0.05, 0.1) is 11.1 Å². The second-order valence-electron chi connectivity index (χ2n) is 2.04. The Balaban J connectivity index is 2.44. The van der Waals surface area contributed by atoms with Crippen molar-refractivity contribution in [1.29, 1.82) is 0 Å². The van der Waals surface area contributed by atoms with E-state index in [1.807, 2.05) is 11.8 Å². The molecule has 46 valence electrons. The van der Waals surface area contributed by atoms with Crippen LogP contribution in [0.5, 0.6) is 0 Å². The van der Waals surface area contributed by atoms with Crippen molar-refractivity contribution in [1.82, 2.24) is 0 Å². The van der Waals surface area contributed by atoms with Gasteiger partial charge in [-0.2, -0.15) is 0 Å². The molecule has 0 aliphatic carbocycles. The van der Waals surface area contributed by atoms with Crippen LogP contribution in [-0.4, -0.2) is 16.8 Å². The quantitative estimate of drug-likeness (QED) is 0.527. The van der Waals surface area contributed by atoms with Gasteiger partial charge in [0, 0.05) is 5.75 Å². The number of hydrogen-bond acceptors (Lipinski definition) is 2. The zero-order valence-electron chi connectivity index (χ0n) is 5.35. The van der Waals surface area contributed by atoms with Gasteiger partial charge in [0.25, 0.3) is 0 Å². The summed E-state index contributed by atoms with van der Waals surface area (Å²) in [4.78, 5) is 4.39. The van der Waals surface area contributed by atoms with Crippen molar-refractivity contribution in [3.63, 3.8) is 0 Å².